The molecule has 0 saturated heterocycles. The van der Waals surface area contributed by atoms with Crippen molar-refractivity contribution in [3.8, 4) is 11.3 Å². The van der Waals surface area contributed by atoms with Crippen molar-refractivity contribution in [3.05, 3.63) is 53.2 Å². The van der Waals surface area contributed by atoms with Gasteiger partial charge < -0.3 is 5.32 Å². The lowest BCUT2D eigenvalue weighted by Crippen LogP contribution is -2.15. The zero-order chi connectivity index (χ0) is 15.2. The van der Waals surface area contributed by atoms with E-state index in [9.17, 15) is 0 Å². The lowest BCUT2D eigenvalue weighted by Gasteiger charge is -2.10. The number of aryl methyl sites for hydroxylation is 1. The number of hydrogen-bond donors (Lipinski definition) is 1. The number of nitrogens with one attached hydrogen (secondary N) is 1. The monoisotopic (exact) mass is 282 g/mol. The Bertz CT molecular complexity index is 571. The van der Waals surface area contributed by atoms with E-state index >= 15 is 0 Å². The fourth-order valence-corrected chi connectivity index (χ4v) is 2.38. The van der Waals surface area contributed by atoms with Gasteiger partial charge >= 0.3 is 0 Å². The van der Waals surface area contributed by atoms with Gasteiger partial charge in [0.2, 0.25) is 0 Å². The minimum absolute atomic E-state index is 0.570. The van der Waals surface area contributed by atoms with Gasteiger partial charge in [-0.15, -0.1) is 0 Å². The second-order valence-corrected chi connectivity index (χ2v) is 5.89. The van der Waals surface area contributed by atoms with Crippen LogP contribution in [0.2, 0.25) is 0 Å². The first-order valence-electron chi connectivity index (χ1n) is 7.89. The maximum absolute atomic E-state index is 4.76. The third-order valence-corrected chi connectivity index (χ3v) is 3.81. The second-order valence-electron chi connectivity index (χ2n) is 5.89. The highest BCUT2D eigenvalue weighted by Gasteiger charge is 2.05. The standard InChI is InChI=1S/C19H26N2/c1-5-12-20-13-18-10-11-19(21-15(18)4)17-8-6-16(7-9-17)14(2)3/h6-11,14,20H,5,12-13H2,1-4H3. The molecule has 0 aliphatic heterocycles. The number of aromatic nitrogens is 1. The van der Waals surface area contributed by atoms with E-state index in [4.69, 9.17) is 4.98 Å². The average Bonchev–Trinajstić information content (AvgIpc) is 2.49. The Hall–Kier alpha value is -1.67. The Kier molecular flexibility index (Phi) is 5.51. The molecule has 112 valence electrons. The van der Waals surface area contributed by atoms with Crippen LogP contribution in [0.5, 0.6) is 0 Å². The number of rotatable bonds is 6. The van der Waals surface area contributed by atoms with Crippen LogP contribution in [-0.2, 0) is 6.54 Å². The minimum atomic E-state index is 0.570. The van der Waals surface area contributed by atoms with Crippen LogP contribution in [0.25, 0.3) is 11.3 Å². The van der Waals surface area contributed by atoms with Gasteiger partial charge in [-0.05, 0) is 43.0 Å². The van der Waals surface area contributed by atoms with Gasteiger partial charge in [-0.25, -0.2) is 0 Å². The fourth-order valence-electron chi connectivity index (χ4n) is 2.38. The maximum Gasteiger partial charge on any atom is 0.0705 e. The van der Waals surface area contributed by atoms with E-state index in [2.05, 4.69) is 69.4 Å². The average molecular weight is 282 g/mol. The molecule has 0 bridgehead atoms. The van der Waals surface area contributed by atoms with Gasteiger partial charge in [0.25, 0.3) is 0 Å². The van der Waals surface area contributed by atoms with Gasteiger partial charge in [0.05, 0.1) is 5.69 Å². The highest BCUT2D eigenvalue weighted by molar-refractivity contribution is 5.60. The molecule has 2 rings (SSSR count). The molecule has 0 atom stereocenters. The third kappa shape index (κ3) is 4.15. The topological polar surface area (TPSA) is 24.9 Å². The van der Waals surface area contributed by atoms with Crippen LogP contribution < -0.4 is 5.32 Å². The van der Waals surface area contributed by atoms with Crippen molar-refractivity contribution in [2.75, 3.05) is 6.54 Å². The van der Waals surface area contributed by atoms with Gasteiger partial charge in [0, 0.05) is 17.8 Å². The number of nitrogens with zero attached hydrogens (tertiary/aromatic N) is 1. The van der Waals surface area contributed by atoms with Crippen molar-refractivity contribution in [2.45, 2.75) is 46.6 Å². The molecule has 1 aromatic heterocycles. The Morgan fingerprint density at radius 1 is 1.05 bits per heavy atom. The largest absolute Gasteiger partial charge is 0.313 e. The van der Waals surface area contributed by atoms with Crippen LogP contribution in [0.3, 0.4) is 0 Å². The van der Waals surface area contributed by atoms with Gasteiger partial charge in [0.1, 0.15) is 0 Å². The Morgan fingerprint density at radius 3 is 2.33 bits per heavy atom. The molecule has 0 radical (unpaired) electrons. The van der Waals surface area contributed by atoms with Gasteiger partial charge in [-0.3, -0.25) is 4.98 Å². The molecule has 0 saturated carbocycles. The van der Waals surface area contributed by atoms with E-state index in [1.807, 2.05) is 0 Å². The predicted molar refractivity (Wildman–Crippen MR) is 90.5 cm³/mol. The zero-order valence-corrected chi connectivity index (χ0v) is 13.6. The highest BCUT2D eigenvalue weighted by Crippen LogP contribution is 2.22. The van der Waals surface area contributed by atoms with Crippen molar-refractivity contribution < 1.29 is 0 Å². The number of hydrogen-bond acceptors (Lipinski definition) is 2. The normalized spacial score (nSPS) is 11.1. The Labute approximate surface area is 128 Å². The molecule has 0 unspecified atom stereocenters. The predicted octanol–water partition coefficient (Wildman–Crippen LogP) is 4.68. The molecule has 2 heteroatoms. The molecular weight excluding hydrogens is 256 g/mol. The van der Waals surface area contributed by atoms with E-state index in [1.165, 1.54) is 16.7 Å². The minimum Gasteiger partial charge on any atom is -0.313 e. The summed E-state index contributed by atoms with van der Waals surface area (Å²) < 4.78 is 0. The summed E-state index contributed by atoms with van der Waals surface area (Å²) in [7, 11) is 0. The van der Waals surface area contributed by atoms with Gasteiger partial charge in [-0.1, -0.05) is 51.1 Å². The molecule has 0 fully saturated rings. The molecule has 0 amide bonds. The van der Waals surface area contributed by atoms with Crippen LogP contribution in [0.4, 0.5) is 0 Å². The fraction of sp³-hybridized carbons (Fsp3) is 0.421. The van der Waals surface area contributed by atoms with Crippen LogP contribution in [0.1, 0.15) is 49.9 Å². The molecule has 1 N–H and O–H groups in total. The zero-order valence-electron chi connectivity index (χ0n) is 13.6. The Balaban J connectivity index is 2.15. The van der Waals surface area contributed by atoms with E-state index in [0.29, 0.717) is 5.92 Å². The van der Waals surface area contributed by atoms with Crippen molar-refractivity contribution in [1.29, 1.82) is 0 Å². The molecule has 21 heavy (non-hydrogen) atoms. The van der Waals surface area contributed by atoms with E-state index in [0.717, 1.165) is 30.9 Å². The van der Waals surface area contributed by atoms with Crippen molar-refractivity contribution in [3.63, 3.8) is 0 Å². The summed E-state index contributed by atoms with van der Waals surface area (Å²) in [5, 5.41) is 3.43. The van der Waals surface area contributed by atoms with Crippen LogP contribution in [0, 0.1) is 6.92 Å². The van der Waals surface area contributed by atoms with Crippen molar-refractivity contribution in [2.24, 2.45) is 0 Å². The number of pyridine rings is 1. The molecule has 0 aliphatic carbocycles. The molecule has 0 spiro atoms. The van der Waals surface area contributed by atoms with Crippen molar-refractivity contribution in [1.82, 2.24) is 10.3 Å². The van der Waals surface area contributed by atoms with Gasteiger partial charge in [0.15, 0.2) is 0 Å². The van der Waals surface area contributed by atoms with Crippen LogP contribution in [0.15, 0.2) is 36.4 Å². The SMILES string of the molecule is CCCNCc1ccc(-c2ccc(C(C)C)cc2)nc1C. The van der Waals surface area contributed by atoms with Crippen LogP contribution >= 0.6 is 0 Å². The molecule has 2 nitrogen and oxygen atoms in total. The smallest absolute Gasteiger partial charge is 0.0705 e. The Morgan fingerprint density at radius 2 is 1.76 bits per heavy atom. The summed E-state index contributed by atoms with van der Waals surface area (Å²) in [5.74, 6) is 0.570. The number of benzene rings is 1. The quantitative estimate of drug-likeness (QED) is 0.778. The summed E-state index contributed by atoms with van der Waals surface area (Å²) in [5.41, 5.74) is 6.02. The third-order valence-electron chi connectivity index (χ3n) is 3.81. The van der Waals surface area contributed by atoms with E-state index in [-0.39, 0.29) is 0 Å². The first-order valence-corrected chi connectivity index (χ1v) is 7.89. The lowest BCUT2D eigenvalue weighted by molar-refractivity contribution is 0.671. The van der Waals surface area contributed by atoms with E-state index in [1.54, 1.807) is 0 Å². The lowest BCUT2D eigenvalue weighted by atomic mass is 10.0. The summed E-state index contributed by atoms with van der Waals surface area (Å²) in [6.45, 7) is 10.7. The van der Waals surface area contributed by atoms with Gasteiger partial charge in [-0.2, -0.15) is 0 Å². The molecule has 0 aliphatic rings. The summed E-state index contributed by atoms with van der Waals surface area (Å²) in [4.78, 5) is 4.76. The van der Waals surface area contributed by atoms with Crippen molar-refractivity contribution >= 4 is 0 Å². The summed E-state index contributed by atoms with van der Waals surface area (Å²) in [6.07, 6.45) is 1.16. The molecule has 2 aromatic rings. The summed E-state index contributed by atoms with van der Waals surface area (Å²) >= 11 is 0. The first kappa shape index (κ1) is 15.7. The molecule has 1 aromatic carbocycles. The first-order chi connectivity index (χ1) is 10.1. The maximum atomic E-state index is 4.76. The second kappa shape index (κ2) is 7.37. The molecular formula is C19H26N2. The molecule has 1 heterocycles. The van der Waals surface area contributed by atoms with E-state index < -0.39 is 0 Å². The van der Waals surface area contributed by atoms with Crippen LogP contribution in [-0.4, -0.2) is 11.5 Å². The summed E-state index contributed by atoms with van der Waals surface area (Å²) in [6, 6.07) is 13.1. The highest BCUT2D eigenvalue weighted by atomic mass is 14.9.